The molecule has 96 valence electrons. The zero-order chi connectivity index (χ0) is 13.1. The zero-order valence-corrected chi connectivity index (χ0v) is 11.8. The van der Waals surface area contributed by atoms with E-state index in [4.69, 9.17) is 11.6 Å². The van der Waals surface area contributed by atoms with Gasteiger partial charge in [0.15, 0.2) is 0 Å². The first kappa shape index (κ1) is 13.1. The van der Waals surface area contributed by atoms with E-state index in [9.17, 15) is 0 Å². The van der Waals surface area contributed by atoms with Crippen LogP contribution in [0, 0.1) is 6.92 Å². The Morgan fingerprint density at radius 1 is 1.22 bits per heavy atom. The number of benzene rings is 1. The molecule has 0 unspecified atom stereocenters. The minimum atomic E-state index is 0.732. The Morgan fingerprint density at radius 3 is 2.50 bits per heavy atom. The predicted octanol–water partition coefficient (Wildman–Crippen LogP) is 3.07. The molecule has 4 heteroatoms. The predicted molar refractivity (Wildman–Crippen MR) is 76.0 cm³/mol. The fourth-order valence-electron chi connectivity index (χ4n) is 1.84. The van der Waals surface area contributed by atoms with Crippen LogP contribution in [-0.2, 0) is 6.54 Å². The molecule has 2 rings (SSSR count). The van der Waals surface area contributed by atoms with Gasteiger partial charge in [-0.15, -0.1) is 0 Å². The Labute approximate surface area is 113 Å². The van der Waals surface area contributed by atoms with Gasteiger partial charge in [0.1, 0.15) is 5.15 Å². The summed E-state index contributed by atoms with van der Waals surface area (Å²) < 4.78 is 1.87. The van der Waals surface area contributed by atoms with Crippen LogP contribution in [0.5, 0.6) is 0 Å². The van der Waals surface area contributed by atoms with Crippen LogP contribution >= 0.6 is 11.6 Å². The normalized spacial score (nSPS) is 11.2. The molecule has 0 amide bonds. The Balaban J connectivity index is 2.31. The topological polar surface area (TPSA) is 21.1 Å². The zero-order valence-electron chi connectivity index (χ0n) is 11.0. The van der Waals surface area contributed by atoms with E-state index in [0.717, 1.165) is 35.1 Å². The summed E-state index contributed by atoms with van der Waals surface area (Å²) in [5, 5.41) is 5.34. The molecule has 0 atom stereocenters. The fourth-order valence-corrected chi connectivity index (χ4v) is 2.06. The van der Waals surface area contributed by atoms with Gasteiger partial charge in [-0.2, -0.15) is 5.10 Å². The summed E-state index contributed by atoms with van der Waals surface area (Å²) in [6.07, 6.45) is 0. The highest BCUT2D eigenvalue weighted by atomic mass is 35.5. The monoisotopic (exact) mass is 263 g/mol. The molecule has 0 bridgehead atoms. The third-order valence-electron chi connectivity index (χ3n) is 2.92. The molecule has 0 radical (unpaired) electrons. The van der Waals surface area contributed by atoms with Crippen molar-refractivity contribution in [3.63, 3.8) is 0 Å². The highest BCUT2D eigenvalue weighted by Gasteiger charge is 2.13. The molecule has 0 aliphatic carbocycles. The SMILES string of the molecule is Cc1c(-c2ccccc2)nn(CCN(C)C)c1Cl. The van der Waals surface area contributed by atoms with Crippen molar-refractivity contribution < 1.29 is 0 Å². The second kappa shape index (κ2) is 5.55. The molecule has 1 heterocycles. The van der Waals surface area contributed by atoms with Gasteiger partial charge in [0.05, 0.1) is 12.2 Å². The lowest BCUT2D eigenvalue weighted by molar-refractivity contribution is 0.373. The average molecular weight is 264 g/mol. The number of halogens is 1. The van der Waals surface area contributed by atoms with Gasteiger partial charge in [-0.3, -0.25) is 4.68 Å². The van der Waals surface area contributed by atoms with Crippen LogP contribution in [0.1, 0.15) is 5.56 Å². The Kier molecular flexibility index (Phi) is 4.04. The van der Waals surface area contributed by atoms with Crippen molar-refractivity contribution >= 4 is 11.6 Å². The van der Waals surface area contributed by atoms with Crippen molar-refractivity contribution in [2.75, 3.05) is 20.6 Å². The molecule has 0 N–H and O–H groups in total. The quantitative estimate of drug-likeness (QED) is 0.845. The molecule has 0 aliphatic rings. The van der Waals surface area contributed by atoms with Gasteiger partial charge in [-0.1, -0.05) is 41.9 Å². The molecule has 3 nitrogen and oxygen atoms in total. The van der Waals surface area contributed by atoms with Crippen LogP contribution < -0.4 is 0 Å². The molecule has 0 fully saturated rings. The van der Waals surface area contributed by atoms with E-state index in [1.807, 2.05) is 43.9 Å². The summed E-state index contributed by atoms with van der Waals surface area (Å²) in [6, 6.07) is 10.1. The highest BCUT2D eigenvalue weighted by Crippen LogP contribution is 2.27. The third kappa shape index (κ3) is 2.74. The maximum absolute atomic E-state index is 6.33. The molecule has 0 saturated heterocycles. The number of aromatic nitrogens is 2. The molecule has 1 aromatic carbocycles. The average Bonchev–Trinajstić information content (AvgIpc) is 2.65. The van der Waals surface area contributed by atoms with E-state index >= 15 is 0 Å². The molecular weight excluding hydrogens is 246 g/mol. The summed E-state index contributed by atoms with van der Waals surface area (Å²) in [6.45, 7) is 3.75. The van der Waals surface area contributed by atoms with Gasteiger partial charge in [0, 0.05) is 17.7 Å². The van der Waals surface area contributed by atoms with E-state index in [0.29, 0.717) is 0 Å². The largest absolute Gasteiger partial charge is 0.308 e. The molecule has 2 aromatic rings. The van der Waals surface area contributed by atoms with Crippen molar-refractivity contribution in [2.24, 2.45) is 0 Å². The van der Waals surface area contributed by atoms with Crippen molar-refractivity contribution in [3.05, 3.63) is 41.0 Å². The third-order valence-corrected chi connectivity index (χ3v) is 3.40. The summed E-state index contributed by atoms with van der Waals surface area (Å²) in [7, 11) is 4.09. The standard InChI is InChI=1S/C14H18ClN3/c1-11-13(12-7-5-4-6-8-12)16-18(14(11)15)10-9-17(2)3/h4-8H,9-10H2,1-3H3. The van der Waals surface area contributed by atoms with Crippen LogP contribution in [-0.4, -0.2) is 35.3 Å². The minimum absolute atomic E-state index is 0.732. The van der Waals surface area contributed by atoms with E-state index in [1.54, 1.807) is 0 Å². The van der Waals surface area contributed by atoms with Crippen molar-refractivity contribution in [2.45, 2.75) is 13.5 Å². The first-order valence-electron chi connectivity index (χ1n) is 6.02. The fraction of sp³-hybridized carbons (Fsp3) is 0.357. The smallest absolute Gasteiger partial charge is 0.130 e. The number of nitrogens with zero attached hydrogens (tertiary/aromatic N) is 3. The van der Waals surface area contributed by atoms with Gasteiger partial charge in [0.2, 0.25) is 0 Å². The summed E-state index contributed by atoms with van der Waals surface area (Å²) >= 11 is 6.33. The Morgan fingerprint density at radius 2 is 1.89 bits per heavy atom. The van der Waals surface area contributed by atoms with E-state index in [-0.39, 0.29) is 0 Å². The first-order valence-corrected chi connectivity index (χ1v) is 6.40. The molecule has 0 saturated carbocycles. The van der Waals surface area contributed by atoms with Crippen LogP contribution in [0.15, 0.2) is 30.3 Å². The second-order valence-corrected chi connectivity index (χ2v) is 5.01. The summed E-state index contributed by atoms with van der Waals surface area (Å²) in [5.74, 6) is 0. The maximum Gasteiger partial charge on any atom is 0.130 e. The van der Waals surface area contributed by atoms with Crippen LogP contribution in [0.25, 0.3) is 11.3 Å². The lowest BCUT2D eigenvalue weighted by Crippen LogP contribution is -2.19. The van der Waals surface area contributed by atoms with E-state index < -0.39 is 0 Å². The van der Waals surface area contributed by atoms with Gasteiger partial charge >= 0.3 is 0 Å². The van der Waals surface area contributed by atoms with Crippen LogP contribution in [0.3, 0.4) is 0 Å². The molecule has 1 aromatic heterocycles. The second-order valence-electron chi connectivity index (χ2n) is 4.66. The lowest BCUT2D eigenvalue weighted by atomic mass is 10.1. The summed E-state index contributed by atoms with van der Waals surface area (Å²) in [5.41, 5.74) is 3.13. The van der Waals surface area contributed by atoms with Crippen molar-refractivity contribution in [3.8, 4) is 11.3 Å². The Bertz CT molecular complexity index is 517. The molecule has 0 aliphatic heterocycles. The van der Waals surface area contributed by atoms with E-state index in [2.05, 4.69) is 22.1 Å². The number of hydrogen-bond acceptors (Lipinski definition) is 2. The first-order chi connectivity index (χ1) is 8.59. The van der Waals surface area contributed by atoms with Crippen molar-refractivity contribution in [1.82, 2.24) is 14.7 Å². The van der Waals surface area contributed by atoms with Gasteiger partial charge in [0.25, 0.3) is 0 Å². The summed E-state index contributed by atoms with van der Waals surface area (Å²) in [4.78, 5) is 2.12. The van der Waals surface area contributed by atoms with Crippen molar-refractivity contribution in [1.29, 1.82) is 0 Å². The maximum atomic E-state index is 6.33. The van der Waals surface area contributed by atoms with Gasteiger partial charge < -0.3 is 4.90 Å². The molecular formula is C14H18ClN3. The molecule has 0 spiro atoms. The molecule has 18 heavy (non-hydrogen) atoms. The van der Waals surface area contributed by atoms with Crippen LogP contribution in [0.4, 0.5) is 0 Å². The minimum Gasteiger partial charge on any atom is -0.308 e. The van der Waals surface area contributed by atoms with E-state index in [1.165, 1.54) is 0 Å². The number of rotatable bonds is 4. The number of likely N-dealkylation sites (N-methyl/N-ethyl adjacent to an activating group) is 1. The number of hydrogen-bond donors (Lipinski definition) is 0. The highest BCUT2D eigenvalue weighted by molar-refractivity contribution is 6.30. The lowest BCUT2D eigenvalue weighted by Gasteiger charge is -2.09. The Hall–Kier alpha value is -1.32. The van der Waals surface area contributed by atoms with Gasteiger partial charge in [-0.25, -0.2) is 0 Å². The van der Waals surface area contributed by atoms with Crippen LogP contribution in [0.2, 0.25) is 5.15 Å². The van der Waals surface area contributed by atoms with Gasteiger partial charge in [-0.05, 0) is 21.0 Å².